The predicted octanol–water partition coefficient (Wildman–Crippen LogP) is 3.37. The normalized spacial score (nSPS) is 10.4. The van der Waals surface area contributed by atoms with Crippen LogP contribution in [0.25, 0.3) is 11.4 Å². The summed E-state index contributed by atoms with van der Waals surface area (Å²) in [5.74, 6) is 2.78. The topological polar surface area (TPSA) is 78.6 Å². The van der Waals surface area contributed by atoms with E-state index in [4.69, 9.17) is 18.7 Å². The van der Waals surface area contributed by atoms with E-state index in [2.05, 4.69) is 15.5 Å². The molecule has 1 N–H and O–H groups in total. The minimum atomic E-state index is 0.329. The molecule has 0 aliphatic rings. The molecule has 0 fully saturated rings. The van der Waals surface area contributed by atoms with Crippen LogP contribution in [-0.2, 0) is 6.54 Å². The highest BCUT2D eigenvalue weighted by Gasteiger charge is 2.10. The summed E-state index contributed by atoms with van der Waals surface area (Å²) in [5.41, 5.74) is 1.77. The Morgan fingerprint density at radius 2 is 1.64 bits per heavy atom. The molecule has 0 bridgehead atoms. The van der Waals surface area contributed by atoms with Crippen LogP contribution in [0, 0.1) is 0 Å². The first kappa shape index (κ1) is 16.6. The Bertz CT molecular complexity index is 831. The highest BCUT2D eigenvalue weighted by molar-refractivity contribution is 5.56. The van der Waals surface area contributed by atoms with Gasteiger partial charge in [0.2, 0.25) is 5.82 Å². The number of hydrogen-bond donors (Lipinski definition) is 1. The van der Waals surface area contributed by atoms with Crippen molar-refractivity contribution < 1.29 is 18.7 Å². The molecule has 0 aliphatic heterocycles. The van der Waals surface area contributed by atoms with Crippen LogP contribution in [0.5, 0.6) is 17.2 Å². The van der Waals surface area contributed by atoms with Gasteiger partial charge in [-0.2, -0.15) is 4.98 Å². The maximum Gasteiger partial charge on any atom is 0.322 e. The fourth-order valence-corrected chi connectivity index (χ4v) is 2.34. The standard InChI is InChI=1S/C18H19N3O4/c1-22-14-6-4-12(5-7-14)17-20-18(25-21-17)19-11-13-10-15(23-2)8-9-16(13)24-3/h4-10H,11H2,1-3H3,(H,19,20,21). The van der Waals surface area contributed by atoms with Crippen molar-refractivity contribution in [3.63, 3.8) is 0 Å². The minimum Gasteiger partial charge on any atom is -0.497 e. The number of nitrogens with zero attached hydrogens (tertiary/aromatic N) is 2. The summed E-state index contributed by atoms with van der Waals surface area (Å²) in [6.07, 6.45) is 0. The van der Waals surface area contributed by atoms with Crippen LogP contribution in [-0.4, -0.2) is 31.5 Å². The third-order valence-electron chi connectivity index (χ3n) is 3.69. The van der Waals surface area contributed by atoms with Gasteiger partial charge in [0, 0.05) is 17.7 Å². The predicted molar refractivity (Wildman–Crippen MR) is 93.2 cm³/mol. The fraction of sp³-hybridized carbons (Fsp3) is 0.222. The van der Waals surface area contributed by atoms with E-state index in [-0.39, 0.29) is 0 Å². The number of methoxy groups -OCH3 is 3. The smallest absolute Gasteiger partial charge is 0.322 e. The van der Waals surface area contributed by atoms with E-state index in [0.717, 1.165) is 28.4 Å². The molecule has 7 heteroatoms. The van der Waals surface area contributed by atoms with E-state index >= 15 is 0 Å². The lowest BCUT2D eigenvalue weighted by molar-refractivity contribution is 0.398. The Kier molecular flexibility index (Phi) is 5.03. The molecule has 2 aromatic carbocycles. The lowest BCUT2D eigenvalue weighted by Crippen LogP contribution is -2.02. The van der Waals surface area contributed by atoms with Crippen molar-refractivity contribution in [3.05, 3.63) is 48.0 Å². The molecule has 0 amide bonds. The number of anilines is 1. The van der Waals surface area contributed by atoms with Crippen molar-refractivity contribution in [2.24, 2.45) is 0 Å². The first-order valence-electron chi connectivity index (χ1n) is 7.66. The summed E-state index contributed by atoms with van der Waals surface area (Å²) < 4.78 is 21.0. The molecule has 7 nitrogen and oxygen atoms in total. The van der Waals surface area contributed by atoms with Gasteiger partial charge in [0.25, 0.3) is 0 Å². The van der Waals surface area contributed by atoms with Crippen molar-refractivity contribution in [3.8, 4) is 28.6 Å². The van der Waals surface area contributed by atoms with Crippen molar-refractivity contribution in [2.75, 3.05) is 26.6 Å². The first-order valence-corrected chi connectivity index (χ1v) is 7.66. The van der Waals surface area contributed by atoms with Gasteiger partial charge >= 0.3 is 6.01 Å². The zero-order valence-corrected chi connectivity index (χ0v) is 14.3. The van der Waals surface area contributed by atoms with Gasteiger partial charge in [0.15, 0.2) is 0 Å². The van der Waals surface area contributed by atoms with Gasteiger partial charge in [0.1, 0.15) is 17.2 Å². The second-order valence-corrected chi connectivity index (χ2v) is 5.18. The van der Waals surface area contributed by atoms with E-state index < -0.39 is 0 Å². The maximum absolute atomic E-state index is 5.36. The van der Waals surface area contributed by atoms with Crippen LogP contribution < -0.4 is 19.5 Å². The highest BCUT2D eigenvalue weighted by Crippen LogP contribution is 2.25. The van der Waals surface area contributed by atoms with Crippen molar-refractivity contribution >= 4 is 6.01 Å². The summed E-state index contributed by atoms with van der Waals surface area (Å²) in [7, 11) is 4.87. The zero-order chi connectivity index (χ0) is 17.6. The second kappa shape index (κ2) is 7.57. The second-order valence-electron chi connectivity index (χ2n) is 5.18. The van der Waals surface area contributed by atoms with Gasteiger partial charge in [0.05, 0.1) is 21.3 Å². The average molecular weight is 341 g/mol. The number of benzene rings is 2. The van der Waals surface area contributed by atoms with Crippen LogP contribution in [0.4, 0.5) is 6.01 Å². The van der Waals surface area contributed by atoms with Crippen molar-refractivity contribution in [1.82, 2.24) is 10.1 Å². The summed E-state index contributed by atoms with van der Waals surface area (Å²) in [4.78, 5) is 4.35. The Labute approximate surface area is 145 Å². The molecule has 25 heavy (non-hydrogen) atoms. The molecule has 1 aromatic heterocycles. The lowest BCUT2D eigenvalue weighted by Gasteiger charge is -2.10. The highest BCUT2D eigenvalue weighted by atomic mass is 16.5. The molecule has 130 valence electrons. The van der Waals surface area contributed by atoms with Crippen molar-refractivity contribution in [1.29, 1.82) is 0 Å². The maximum atomic E-state index is 5.36. The van der Waals surface area contributed by atoms with E-state index in [1.54, 1.807) is 21.3 Å². The van der Waals surface area contributed by atoms with Crippen LogP contribution in [0.3, 0.4) is 0 Å². The molecular formula is C18H19N3O4. The molecule has 0 saturated heterocycles. The Balaban J connectivity index is 1.71. The third-order valence-corrected chi connectivity index (χ3v) is 3.69. The Morgan fingerprint density at radius 3 is 2.32 bits per heavy atom. The van der Waals surface area contributed by atoms with Gasteiger partial charge in [-0.1, -0.05) is 5.16 Å². The van der Waals surface area contributed by atoms with Gasteiger partial charge in [-0.15, -0.1) is 0 Å². The van der Waals surface area contributed by atoms with Gasteiger partial charge in [-0.05, 0) is 42.5 Å². The first-order chi connectivity index (χ1) is 12.2. The van der Waals surface area contributed by atoms with E-state index in [1.807, 2.05) is 42.5 Å². The lowest BCUT2D eigenvalue weighted by atomic mass is 10.2. The van der Waals surface area contributed by atoms with Gasteiger partial charge < -0.3 is 24.1 Å². The molecular weight excluding hydrogens is 322 g/mol. The van der Waals surface area contributed by atoms with Gasteiger partial charge in [-0.3, -0.25) is 0 Å². The van der Waals surface area contributed by atoms with E-state index in [1.165, 1.54) is 0 Å². The Hall–Kier alpha value is -3.22. The van der Waals surface area contributed by atoms with Gasteiger partial charge in [-0.25, -0.2) is 0 Å². The molecule has 0 saturated carbocycles. The van der Waals surface area contributed by atoms with E-state index in [0.29, 0.717) is 18.4 Å². The molecule has 0 unspecified atom stereocenters. The number of rotatable bonds is 7. The average Bonchev–Trinajstić information content (AvgIpc) is 3.15. The summed E-state index contributed by atoms with van der Waals surface area (Å²) in [5, 5.41) is 7.08. The minimum absolute atomic E-state index is 0.329. The largest absolute Gasteiger partial charge is 0.497 e. The third kappa shape index (κ3) is 3.82. The van der Waals surface area contributed by atoms with Crippen LogP contribution in [0.1, 0.15) is 5.56 Å². The number of nitrogens with one attached hydrogen (secondary N) is 1. The summed E-state index contributed by atoms with van der Waals surface area (Å²) in [6.45, 7) is 0.463. The quantitative estimate of drug-likeness (QED) is 0.706. The molecule has 1 heterocycles. The molecule has 0 radical (unpaired) electrons. The number of ether oxygens (including phenoxy) is 3. The number of aromatic nitrogens is 2. The molecule has 3 aromatic rings. The van der Waals surface area contributed by atoms with E-state index in [9.17, 15) is 0 Å². The summed E-state index contributed by atoms with van der Waals surface area (Å²) >= 11 is 0. The molecule has 0 atom stereocenters. The molecule has 0 spiro atoms. The number of hydrogen-bond acceptors (Lipinski definition) is 7. The van der Waals surface area contributed by atoms with Crippen LogP contribution in [0.2, 0.25) is 0 Å². The monoisotopic (exact) mass is 341 g/mol. The van der Waals surface area contributed by atoms with Crippen LogP contribution >= 0.6 is 0 Å². The van der Waals surface area contributed by atoms with Crippen molar-refractivity contribution in [2.45, 2.75) is 6.54 Å². The SMILES string of the molecule is COc1ccc(-c2noc(NCc3cc(OC)ccc3OC)n2)cc1. The molecule has 0 aliphatic carbocycles. The molecule has 3 rings (SSSR count). The Morgan fingerprint density at radius 1 is 0.920 bits per heavy atom. The van der Waals surface area contributed by atoms with Crippen LogP contribution in [0.15, 0.2) is 47.0 Å². The summed E-state index contributed by atoms with van der Waals surface area (Å²) in [6, 6.07) is 13.4. The fourth-order valence-electron chi connectivity index (χ4n) is 2.34. The zero-order valence-electron chi connectivity index (χ0n) is 14.3.